The van der Waals surface area contributed by atoms with Gasteiger partial charge in [0.2, 0.25) is 0 Å². The summed E-state index contributed by atoms with van der Waals surface area (Å²) in [4.78, 5) is 0. The lowest BCUT2D eigenvalue weighted by Crippen LogP contribution is -1.95. The zero-order valence-corrected chi connectivity index (χ0v) is 7.51. The Kier molecular flexibility index (Phi) is 3.06. The molecule has 0 amide bonds. The molecule has 0 heterocycles. The maximum absolute atomic E-state index is 5.49. The van der Waals surface area contributed by atoms with Crippen molar-refractivity contribution in [1.82, 2.24) is 0 Å². The zero-order valence-electron chi connectivity index (χ0n) is 7.51. The van der Waals surface area contributed by atoms with Crippen LogP contribution in [-0.4, -0.2) is 0 Å². The minimum Gasteiger partial charge on any atom is -0.326 e. The Morgan fingerprint density at radius 2 is 1.92 bits per heavy atom. The summed E-state index contributed by atoms with van der Waals surface area (Å²) in [5, 5.41) is 0. The Hall–Kier alpha value is -1.08. The fraction of sp³-hybridized carbons (Fsp3) is 0.273. The summed E-state index contributed by atoms with van der Waals surface area (Å²) >= 11 is 0. The normalized spacial score (nSPS) is 9.83. The molecule has 0 saturated heterocycles. The second-order valence-electron chi connectivity index (χ2n) is 2.86. The highest BCUT2D eigenvalue weighted by Gasteiger charge is 1.95. The third-order valence-electron chi connectivity index (χ3n) is 2.02. The molecular formula is C11H15N. The summed E-state index contributed by atoms with van der Waals surface area (Å²) in [6.45, 7) is 6.69. The smallest absolute Gasteiger partial charge is 0.0178 e. The van der Waals surface area contributed by atoms with Crippen molar-refractivity contribution in [3.05, 3.63) is 42.0 Å². The molecule has 0 aliphatic carbocycles. The molecule has 0 bridgehead atoms. The van der Waals surface area contributed by atoms with Gasteiger partial charge in [-0.3, -0.25) is 0 Å². The van der Waals surface area contributed by atoms with E-state index in [1.165, 1.54) is 16.7 Å². The highest BCUT2D eigenvalue weighted by molar-refractivity contribution is 5.63. The standard InChI is InChI=1S/C11H15N/c1-3-9(2)11-6-4-10(8-12)5-7-11/h4-7H,2-3,8,12H2,1H3. The van der Waals surface area contributed by atoms with Crippen molar-refractivity contribution >= 4 is 5.57 Å². The van der Waals surface area contributed by atoms with Crippen molar-refractivity contribution < 1.29 is 0 Å². The van der Waals surface area contributed by atoms with Gasteiger partial charge in [-0.05, 0) is 23.1 Å². The van der Waals surface area contributed by atoms with Crippen LogP contribution in [0.2, 0.25) is 0 Å². The molecule has 1 aromatic rings. The molecule has 1 heteroatoms. The van der Waals surface area contributed by atoms with Gasteiger partial charge in [0.1, 0.15) is 0 Å². The molecule has 0 aromatic heterocycles. The number of benzene rings is 1. The van der Waals surface area contributed by atoms with Crippen LogP contribution in [0.1, 0.15) is 24.5 Å². The number of hydrogen-bond acceptors (Lipinski definition) is 1. The minimum absolute atomic E-state index is 0.610. The number of nitrogens with two attached hydrogens (primary N) is 1. The minimum atomic E-state index is 0.610. The van der Waals surface area contributed by atoms with Crippen LogP contribution >= 0.6 is 0 Å². The van der Waals surface area contributed by atoms with Gasteiger partial charge in [0.25, 0.3) is 0 Å². The molecule has 0 spiro atoms. The predicted molar refractivity (Wildman–Crippen MR) is 53.7 cm³/mol. The Bertz CT molecular complexity index is 259. The van der Waals surface area contributed by atoms with Gasteiger partial charge in [0, 0.05) is 6.54 Å². The molecule has 0 atom stereocenters. The Labute approximate surface area is 73.9 Å². The Morgan fingerprint density at radius 1 is 1.33 bits per heavy atom. The van der Waals surface area contributed by atoms with Crippen molar-refractivity contribution in [3.63, 3.8) is 0 Å². The van der Waals surface area contributed by atoms with Crippen LogP contribution in [0.15, 0.2) is 30.8 Å². The van der Waals surface area contributed by atoms with E-state index in [4.69, 9.17) is 5.73 Å². The third-order valence-corrected chi connectivity index (χ3v) is 2.02. The highest BCUT2D eigenvalue weighted by atomic mass is 14.5. The second-order valence-corrected chi connectivity index (χ2v) is 2.86. The fourth-order valence-electron chi connectivity index (χ4n) is 1.08. The topological polar surface area (TPSA) is 26.0 Å². The van der Waals surface area contributed by atoms with Crippen molar-refractivity contribution in [2.45, 2.75) is 19.9 Å². The first kappa shape index (κ1) is 9.01. The van der Waals surface area contributed by atoms with Gasteiger partial charge in [0.15, 0.2) is 0 Å². The van der Waals surface area contributed by atoms with Crippen molar-refractivity contribution in [3.8, 4) is 0 Å². The number of hydrogen-bond donors (Lipinski definition) is 1. The summed E-state index contributed by atoms with van der Waals surface area (Å²) in [6.07, 6.45) is 1.00. The molecule has 0 fully saturated rings. The van der Waals surface area contributed by atoms with Crippen molar-refractivity contribution in [1.29, 1.82) is 0 Å². The largest absolute Gasteiger partial charge is 0.326 e. The van der Waals surface area contributed by atoms with Crippen LogP contribution < -0.4 is 5.73 Å². The van der Waals surface area contributed by atoms with E-state index in [1.54, 1.807) is 0 Å². The lowest BCUT2D eigenvalue weighted by molar-refractivity contribution is 1.07. The van der Waals surface area contributed by atoms with Gasteiger partial charge in [-0.2, -0.15) is 0 Å². The van der Waals surface area contributed by atoms with E-state index < -0.39 is 0 Å². The first-order valence-corrected chi connectivity index (χ1v) is 4.25. The average molecular weight is 161 g/mol. The zero-order chi connectivity index (χ0) is 8.97. The summed E-state index contributed by atoms with van der Waals surface area (Å²) in [7, 11) is 0. The van der Waals surface area contributed by atoms with E-state index in [-0.39, 0.29) is 0 Å². The Morgan fingerprint density at radius 3 is 2.33 bits per heavy atom. The van der Waals surface area contributed by atoms with Gasteiger partial charge in [0.05, 0.1) is 0 Å². The van der Waals surface area contributed by atoms with E-state index in [0.29, 0.717) is 6.54 Å². The predicted octanol–water partition coefficient (Wildman–Crippen LogP) is 2.57. The number of rotatable bonds is 3. The lowest BCUT2D eigenvalue weighted by Gasteiger charge is -2.03. The molecule has 0 unspecified atom stereocenters. The molecule has 0 radical (unpaired) electrons. The highest BCUT2D eigenvalue weighted by Crippen LogP contribution is 2.15. The molecule has 0 aliphatic heterocycles. The van der Waals surface area contributed by atoms with Crippen LogP contribution in [0.25, 0.3) is 5.57 Å². The summed E-state index contributed by atoms with van der Waals surface area (Å²) in [6, 6.07) is 8.26. The molecule has 0 aliphatic rings. The van der Waals surface area contributed by atoms with E-state index in [1.807, 2.05) is 0 Å². The third kappa shape index (κ3) is 1.95. The van der Waals surface area contributed by atoms with E-state index in [2.05, 4.69) is 37.8 Å². The van der Waals surface area contributed by atoms with Crippen LogP contribution in [0, 0.1) is 0 Å². The van der Waals surface area contributed by atoms with Crippen molar-refractivity contribution in [2.75, 3.05) is 0 Å². The molecule has 12 heavy (non-hydrogen) atoms. The van der Waals surface area contributed by atoms with Gasteiger partial charge < -0.3 is 5.73 Å². The molecule has 1 aromatic carbocycles. The lowest BCUT2D eigenvalue weighted by atomic mass is 10.0. The van der Waals surface area contributed by atoms with Gasteiger partial charge in [-0.1, -0.05) is 37.8 Å². The average Bonchev–Trinajstić information content (AvgIpc) is 2.17. The van der Waals surface area contributed by atoms with E-state index in [9.17, 15) is 0 Å². The Balaban J connectivity index is 2.84. The van der Waals surface area contributed by atoms with Gasteiger partial charge in [-0.25, -0.2) is 0 Å². The monoisotopic (exact) mass is 161 g/mol. The molecule has 1 rings (SSSR count). The maximum Gasteiger partial charge on any atom is 0.0178 e. The second kappa shape index (κ2) is 4.07. The molecule has 1 nitrogen and oxygen atoms in total. The quantitative estimate of drug-likeness (QED) is 0.724. The SMILES string of the molecule is C=C(CC)c1ccc(CN)cc1. The summed E-state index contributed by atoms with van der Waals surface area (Å²) in [5.41, 5.74) is 9.05. The van der Waals surface area contributed by atoms with Gasteiger partial charge >= 0.3 is 0 Å². The van der Waals surface area contributed by atoms with Crippen LogP contribution in [-0.2, 0) is 6.54 Å². The maximum atomic E-state index is 5.49. The summed E-state index contributed by atoms with van der Waals surface area (Å²) in [5.74, 6) is 0. The number of allylic oxidation sites excluding steroid dienone is 1. The van der Waals surface area contributed by atoms with E-state index >= 15 is 0 Å². The molecule has 2 N–H and O–H groups in total. The molecular weight excluding hydrogens is 146 g/mol. The fourth-order valence-corrected chi connectivity index (χ4v) is 1.08. The molecule has 0 saturated carbocycles. The van der Waals surface area contributed by atoms with Crippen LogP contribution in [0.4, 0.5) is 0 Å². The van der Waals surface area contributed by atoms with Crippen molar-refractivity contribution in [2.24, 2.45) is 5.73 Å². The first-order valence-electron chi connectivity index (χ1n) is 4.25. The summed E-state index contributed by atoms with van der Waals surface area (Å²) < 4.78 is 0. The van der Waals surface area contributed by atoms with Crippen LogP contribution in [0.3, 0.4) is 0 Å². The first-order chi connectivity index (χ1) is 5.77. The van der Waals surface area contributed by atoms with Crippen LogP contribution in [0.5, 0.6) is 0 Å². The van der Waals surface area contributed by atoms with Gasteiger partial charge in [-0.15, -0.1) is 0 Å². The molecule has 64 valence electrons. The van der Waals surface area contributed by atoms with E-state index in [0.717, 1.165) is 6.42 Å².